The fourth-order valence-corrected chi connectivity index (χ4v) is 4.44. The molecule has 0 aromatic carbocycles. The lowest BCUT2D eigenvalue weighted by atomic mass is 10.1. The van der Waals surface area contributed by atoms with E-state index in [1.165, 1.54) is 122 Å². The van der Waals surface area contributed by atoms with Crippen molar-refractivity contribution < 1.29 is 19.4 Å². The van der Waals surface area contributed by atoms with Gasteiger partial charge in [0.2, 0.25) is 0 Å². The van der Waals surface area contributed by atoms with E-state index in [2.05, 4.69) is 26.0 Å². The summed E-state index contributed by atoms with van der Waals surface area (Å²) in [6.45, 7) is 5.31. The predicted octanol–water partition coefficient (Wildman–Crippen LogP) is 9.48. The van der Waals surface area contributed by atoms with E-state index in [0.717, 1.165) is 19.3 Å². The Morgan fingerprint density at radius 3 is 1.58 bits per heavy atom. The molecule has 0 saturated carbocycles. The maximum Gasteiger partial charge on any atom is 0.306 e. The van der Waals surface area contributed by atoms with E-state index in [1.54, 1.807) is 0 Å². The van der Waals surface area contributed by atoms with Crippen LogP contribution in [0, 0.1) is 0 Å². The molecule has 1 N–H and O–H groups in total. The molecule has 0 aromatic heterocycles. The van der Waals surface area contributed by atoms with E-state index in [0.29, 0.717) is 19.6 Å². The Kier molecular flexibility index (Phi) is 29.6. The lowest BCUT2D eigenvalue weighted by molar-refractivity contribution is -0.154. The summed E-state index contributed by atoms with van der Waals surface area (Å²) in [5.74, 6) is -0.207. The first kappa shape index (κ1) is 35.1. The molecule has 36 heavy (non-hydrogen) atoms. The van der Waals surface area contributed by atoms with Gasteiger partial charge in [0.05, 0.1) is 13.2 Å². The number of unbranched alkanes of at least 4 members (excludes halogenated alkanes) is 19. The number of carbonyl (C=O) groups excluding carboxylic acids is 1. The summed E-state index contributed by atoms with van der Waals surface area (Å²) in [6, 6.07) is 0. The highest BCUT2D eigenvalue weighted by Crippen LogP contribution is 2.12. The normalized spacial score (nSPS) is 12.4. The minimum atomic E-state index is -0.526. The van der Waals surface area contributed by atoms with E-state index < -0.39 is 6.10 Å². The first-order valence-corrected chi connectivity index (χ1v) is 15.8. The van der Waals surface area contributed by atoms with Gasteiger partial charge < -0.3 is 14.6 Å². The van der Waals surface area contributed by atoms with Crippen LogP contribution in [0.5, 0.6) is 0 Å². The third-order valence-electron chi connectivity index (χ3n) is 6.84. The van der Waals surface area contributed by atoms with Gasteiger partial charge in [-0.2, -0.15) is 0 Å². The SMILES string of the molecule is CCCCCCCC/C=C\CCCCCCCCCC(=O)OC(CO)COCCCCCCCCC. The average Bonchev–Trinajstić information content (AvgIpc) is 2.88. The van der Waals surface area contributed by atoms with Crippen molar-refractivity contribution in [3.05, 3.63) is 12.2 Å². The zero-order valence-corrected chi connectivity index (χ0v) is 24.3. The molecule has 1 atom stereocenters. The Morgan fingerprint density at radius 2 is 1.08 bits per heavy atom. The summed E-state index contributed by atoms with van der Waals surface area (Å²) in [5.41, 5.74) is 0. The summed E-state index contributed by atoms with van der Waals surface area (Å²) in [4.78, 5) is 12.0. The summed E-state index contributed by atoms with van der Waals surface area (Å²) in [6.07, 6.45) is 32.4. The topological polar surface area (TPSA) is 55.8 Å². The van der Waals surface area contributed by atoms with Crippen molar-refractivity contribution in [2.24, 2.45) is 0 Å². The second kappa shape index (κ2) is 30.4. The number of esters is 1. The number of rotatable bonds is 29. The fraction of sp³-hybridized carbons (Fsp3) is 0.906. The van der Waals surface area contributed by atoms with Gasteiger partial charge in [-0.3, -0.25) is 4.79 Å². The van der Waals surface area contributed by atoms with Gasteiger partial charge in [-0.15, -0.1) is 0 Å². The molecule has 0 spiro atoms. The number of carbonyl (C=O) groups is 1. The second-order valence-corrected chi connectivity index (χ2v) is 10.5. The number of hydrogen-bond acceptors (Lipinski definition) is 4. The van der Waals surface area contributed by atoms with Crippen LogP contribution in [0.3, 0.4) is 0 Å². The molecule has 0 rings (SSSR count). The van der Waals surface area contributed by atoms with Crippen molar-refractivity contribution >= 4 is 5.97 Å². The second-order valence-electron chi connectivity index (χ2n) is 10.5. The largest absolute Gasteiger partial charge is 0.457 e. The van der Waals surface area contributed by atoms with Gasteiger partial charge in [-0.1, -0.05) is 129 Å². The molecule has 0 bridgehead atoms. The number of ether oxygens (including phenoxy) is 2. The van der Waals surface area contributed by atoms with Crippen LogP contribution in [0.15, 0.2) is 12.2 Å². The van der Waals surface area contributed by atoms with E-state index in [1.807, 2.05) is 0 Å². The number of aliphatic hydroxyl groups is 1. The molecular weight excluding hydrogens is 448 g/mol. The van der Waals surface area contributed by atoms with Crippen molar-refractivity contribution in [1.82, 2.24) is 0 Å². The molecule has 0 amide bonds. The molecule has 0 radical (unpaired) electrons. The monoisotopic (exact) mass is 510 g/mol. The molecule has 4 nitrogen and oxygen atoms in total. The van der Waals surface area contributed by atoms with Crippen LogP contribution >= 0.6 is 0 Å². The molecule has 0 heterocycles. The molecule has 0 aliphatic carbocycles. The van der Waals surface area contributed by atoms with Gasteiger partial charge in [-0.25, -0.2) is 0 Å². The number of allylic oxidation sites excluding steroid dienone is 2. The Hall–Kier alpha value is -0.870. The van der Waals surface area contributed by atoms with Crippen LogP contribution in [0.4, 0.5) is 0 Å². The van der Waals surface area contributed by atoms with Crippen molar-refractivity contribution in [3.8, 4) is 0 Å². The minimum Gasteiger partial charge on any atom is -0.457 e. The molecule has 1 unspecified atom stereocenters. The summed E-state index contributed by atoms with van der Waals surface area (Å²) < 4.78 is 11.0. The molecule has 4 heteroatoms. The van der Waals surface area contributed by atoms with Crippen LogP contribution in [0.1, 0.15) is 162 Å². The highest BCUT2D eigenvalue weighted by atomic mass is 16.6. The van der Waals surface area contributed by atoms with Gasteiger partial charge in [0.25, 0.3) is 0 Å². The van der Waals surface area contributed by atoms with E-state index in [4.69, 9.17) is 9.47 Å². The first-order chi connectivity index (χ1) is 17.7. The van der Waals surface area contributed by atoms with E-state index in [-0.39, 0.29) is 12.6 Å². The van der Waals surface area contributed by atoms with Crippen LogP contribution in [-0.2, 0) is 14.3 Å². The number of aliphatic hydroxyl groups excluding tert-OH is 1. The molecule has 214 valence electrons. The quantitative estimate of drug-likeness (QED) is 0.0618. The molecule has 0 aromatic rings. The highest BCUT2D eigenvalue weighted by Gasteiger charge is 2.13. The molecule has 0 aliphatic rings. The molecule has 0 fully saturated rings. The molecule has 0 saturated heterocycles. The Morgan fingerprint density at radius 1 is 0.639 bits per heavy atom. The summed E-state index contributed by atoms with van der Waals surface area (Å²) in [5, 5.41) is 9.46. The summed E-state index contributed by atoms with van der Waals surface area (Å²) >= 11 is 0. The van der Waals surface area contributed by atoms with Crippen molar-refractivity contribution in [2.45, 2.75) is 168 Å². The fourth-order valence-electron chi connectivity index (χ4n) is 4.44. The van der Waals surface area contributed by atoms with Crippen molar-refractivity contribution in [3.63, 3.8) is 0 Å². The molecule has 0 aliphatic heterocycles. The lowest BCUT2D eigenvalue weighted by Crippen LogP contribution is -2.27. The Bertz CT molecular complexity index is 463. The van der Waals surface area contributed by atoms with Crippen LogP contribution < -0.4 is 0 Å². The van der Waals surface area contributed by atoms with Crippen LogP contribution in [-0.4, -0.2) is 37.0 Å². The number of hydrogen-bond donors (Lipinski definition) is 1. The third kappa shape index (κ3) is 27.7. The first-order valence-electron chi connectivity index (χ1n) is 15.8. The van der Waals surface area contributed by atoms with Crippen molar-refractivity contribution in [1.29, 1.82) is 0 Å². The van der Waals surface area contributed by atoms with Gasteiger partial charge in [0, 0.05) is 13.0 Å². The highest BCUT2D eigenvalue weighted by molar-refractivity contribution is 5.69. The summed E-state index contributed by atoms with van der Waals surface area (Å²) in [7, 11) is 0. The zero-order chi connectivity index (χ0) is 26.4. The van der Waals surface area contributed by atoms with Crippen LogP contribution in [0.25, 0.3) is 0 Å². The maximum atomic E-state index is 12.0. The van der Waals surface area contributed by atoms with E-state index >= 15 is 0 Å². The molecular formula is C32H62O4. The third-order valence-corrected chi connectivity index (χ3v) is 6.84. The average molecular weight is 511 g/mol. The smallest absolute Gasteiger partial charge is 0.306 e. The van der Waals surface area contributed by atoms with Gasteiger partial charge in [0.1, 0.15) is 6.10 Å². The van der Waals surface area contributed by atoms with Gasteiger partial charge in [0.15, 0.2) is 0 Å². The Labute approximate surface area is 225 Å². The zero-order valence-electron chi connectivity index (χ0n) is 24.3. The standard InChI is InChI=1S/C32H62O4/c1-3-5-7-9-11-12-13-14-15-16-17-18-19-20-21-23-25-27-32(34)36-31(29-33)30-35-28-26-24-22-10-8-6-4-2/h14-15,31,33H,3-13,16-30H2,1-2H3/b15-14-. The predicted molar refractivity (Wildman–Crippen MR) is 154 cm³/mol. The van der Waals surface area contributed by atoms with Crippen molar-refractivity contribution in [2.75, 3.05) is 19.8 Å². The van der Waals surface area contributed by atoms with E-state index in [9.17, 15) is 9.90 Å². The van der Waals surface area contributed by atoms with Gasteiger partial charge >= 0.3 is 5.97 Å². The minimum absolute atomic E-state index is 0.170. The van der Waals surface area contributed by atoms with Gasteiger partial charge in [-0.05, 0) is 38.5 Å². The Balaban J connectivity index is 3.43. The maximum absolute atomic E-state index is 12.0. The lowest BCUT2D eigenvalue weighted by Gasteiger charge is -2.15. The van der Waals surface area contributed by atoms with Crippen LogP contribution in [0.2, 0.25) is 0 Å².